The van der Waals surface area contributed by atoms with Gasteiger partial charge in [-0.15, -0.1) is 0 Å². The van der Waals surface area contributed by atoms with Gasteiger partial charge in [0.1, 0.15) is 0 Å². The quantitative estimate of drug-likeness (QED) is 0.805. The number of benzene rings is 1. The van der Waals surface area contributed by atoms with Crippen molar-refractivity contribution in [1.82, 2.24) is 4.98 Å². The number of aryl methyl sites for hydroxylation is 1. The number of hydrogen-bond acceptors (Lipinski definition) is 4. The Hall–Kier alpha value is -2.56. The largest absolute Gasteiger partial charge is 0.437 e. The van der Waals surface area contributed by atoms with Gasteiger partial charge in [-0.1, -0.05) is 12.1 Å². The maximum absolute atomic E-state index is 10.9. The number of primary amides is 1. The monoisotopic (exact) mass is 243 g/mol. The Labute approximate surface area is 104 Å². The van der Waals surface area contributed by atoms with Crippen LogP contribution in [-0.4, -0.2) is 10.9 Å². The van der Waals surface area contributed by atoms with Crippen molar-refractivity contribution in [2.45, 2.75) is 6.92 Å². The van der Waals surface area contributed by atoms with E-state index < -0.39 is 5.91 Å². The number of nitrogens with zero attached hydrogens (tertiary/aromatic N) is 1. The van der Waals surface area contributed by atoms with Gasteiger partial charge in [-0.3, -0.25) is 4.79 Å². The smallest absolute Gasteiger partial charge is 0.250 e. The summed E-state index contributed by atoms with van der Waals surface area (Å²) in [4.78, 5) is 14.9. The van der Waals surface area contributed by atoms with E-state index in [-0.39, 0.29) is 0 Å². The van der Waals surface area contributed by atoms with E-state index in [1.54, 1.807) is 18.2 Å². The van der Waals surface area contributed by atoms with Gasteiger partial charge in [-0.2, -0.15) is 0 Å². The molecule has 0 radical (unpaired) electrons. The lowest BCUT2D eigenvalue weighted by molar-refractivity contribution is 0.1000. The van der Waals surface area contributed by atoms with Crippen LogP contribution in [0.3, 0.4) is 0 Å². The number of amides is 1. The van der Waals surface area contributed by atoms with Gasteiger partial charge in [0.15, 0.2) is 5.75 Å². The van der Waals surface area contributed by atoms with Gasteiger partial charge in [-0.05, 0) is 24.6 Å². The molecule has 0 saturated heterocycles. The summed E-state index contributed by atoms with van der Waals surface area (Å²) in [5.41, 5.74) is 12.8. The van der Waals surface area contributed by atoms with Crippen molar-refractivity contribution in [3.05, 3.63) is 47.7 Å². The van der Waals surface area contributed by atoms with Crippen LogP contribution < -0.4 is 16.2 Å². The Morgan fingerprint density at radius 1 is 1.28 bits per heavy atom. The molecule has 4 N–H and O–H groups in total. The number of nitrogens with two attached hydrogens (primary N) is 2. The van der Waals surface area contributed by atoms with Crippen molar-refractivity contribution in [2.24, 2.45) is 5.73 Å². The minimum Gasteiger partial charge on any atom is -0.437 e. The molecule has 18 heavy (non-hydrogen) atoms. The van der Waals surface area contributed by atoms with Crippen LogP contribution in [0.5, 0.6) is 11.6 Å². The third-order valence-corrected chi connectivity index (χ3v) is 2.52. The summed E-state index contributed by atoms with van der Waals surface area (Å²) >= 11 is 0. The van der Waals surface area contributed by atoms with Crippen LogP contribution in [0.1, 0.15) is 15.9 Å². The molecule has 0 saturated carbocycles. The minimum atomic E-state index is -0.524. The summed E-state index contributed by atoms with van der Waals surface area (Å²) in [7, 11) is 0. The van der Waals surface area contributed by atoms with E-state index in [0.29, 0.717) is 22.9 Å². The lowest BCUT2D eigenvalue weighted by Gasteiger charge is -2.09. The summed E-state index contributed by atoms with van der Waals surface area (Å²) in [6.45, 7) is 1.89. The molecule has 0 fully saturated rings. The molecule has 0 aliphatic rings. The maximum Gasteiger partial charge on any atom is 0.250 e. The highest BCUT2D eigenvalue weighted by Gasteiger charge is 2.06. The molecule has 1 heterocycles. The number of para-hydroxylation sites is 1. The van der Waals surface area contributed by atoms with E-state index in [1.807, 2.05) is 19.1 Å². The van der Waals surface area contributed by atoms with Crippen molar-refractivity contribution >= 4 is 11.6 Å². The molecule has 2 rings (SSSR count). The fourth-order valence-corrected chi connectivity index (χ4v) is 1.44. The van der Waals surface area contributed by atoms with Gasteiger partial charge in [0, 0.05) is 12.3 Å². The average molecular weight is 243 g/mol. The highest BCUT2D eigenvalue weighted by atomic mass is 16.5. The fraction of sp³-hybridized carbons (Fsp3) is 0.0769. The molecule has 2 aromatic rings. The Balaban J connectivity index is 2.24. The third-order valence-electron chi connectivity index (χ3n) is 2.52. The van der Waals surface area contributed by atoms with Crippen molar-refractivity contribution in [3.8, 4) is 11.6 Å². The summed E-state index contributed by atoms with van der Waals surface area (Å²) in [6, 6.07) is 8.62. The number of nitrogen functional groups attached to an aromatic ring is 1. The first-order chi connectivity index (χ1) is 8.58. The normalized spacial score (nSPS) is 10.1. The topological polar surface area (TPSA) is 91.2 Å². The van der Waals surface area contributed by atoms with Crippen LogP contribution in [0.25, 0.3) is 0 Å². The number of anilines is 1. The molecule has 0 unspecified atom stereocenters. The number of pyridine rings is 1. The van der Waals surface area contributed by atoms with E-state index in [1.165, 1.54) is 6.20 Å². The number of ether oxygens (including phenoxy) is 1. The average Bonchev–Trinajstić information content (AvgIpc) is 2.36. The maximum atomic E-state index is 10.9. The molecule has 1 amide bonds. The van der Waals surface area contributed by atoms with Crippen molar-refractivity contribution in [3.63, 3.8) is 0 Å². The second-order valence-electron chi connectivity index (χ2n) is 3.84. The van der Waals surface area contributed by atoms with Gasteiger partial charge < -0.3 is 16.2 Å². The van der Waals surface area contributed by atoms with Crippen LogP contribution in [0, 0.1) is 6.92 Å². The Bertz CT molecular complexity index is 579. The van der Waals surface area contributed by atoms with Gasteiger partial charge in [0.2, 0.25) is 11.8 Å². The minimum absolute atomic E-state index is 0.333. The Morgan fingerprint density at radius 3 is 2.67 bits per heavy atom. The number of carbonyl (C=O) groups is 1. The summed E-state index contributed by atoms with van der Waals surface area (Å²) in [6.07, 6.45) is 1.36. The molecule has 1 aromatic heterocycles. The summed E-state index contributed by atoms with van der Waals surface area (Å²) in [5, 5.41) is 0. The zero-order valence-corrected chi connectivity index (χ0v) is 9.88. The predicted molar refractivity (Wildman–Crippen MR) is 68.4 cm³/mol. The summed E-state index contributed by atoms with van der Waals surface area (Å²) < 4.78 is 5.54. The number of hydrogen-bond donors (Lipinski definition) is 2. The molecule has 0 bridgehead atoms. The van der Waals surface area contributed by atoms with Crippen LogP contribution >= 0.6 is 0 Å². The molecule has 0 aliphatic heterocycles. The Morgan fingerprint density at radius 2 is 2.06 bits per heavy atom. The van der Waals surface area contributed by atoms with Crippen molar-refractivity contribution < 1.29 is 9.53 Å². The zero-order chi connectivity index (χ0) is 13.1. The lowest BCUT2D eigenvalue weighted by atomic mass is 10.2. The Kier molecular flexibility index (Phi) is 3.14. The van der Waals surface area contributed by atoms with E-state index in [0.717, 1.165) is 5.56 Å². The van der Waals surface area contributed by atoms with Gasteiger partial charge in [-0.25, -0.2) is 4.98 Å². The first-order valence-electron chi connectivity index (χ1n) is 5.36. The standard InChI is InChI=1S/C13H13N3O2/c1-8-3-2-4-10(12(8)14)18-11-6-5-9(7-16-11)13(15)17/h2-7H,14H2,1H3,(H2,15,17). The molecule has 0 aliphatic carbocycles. The van der Waals surface area contributed by atoms with E-state index in [4.69, 9.17) is 16.2 Å². The van der Waals surface area contributed by atoms with Crippen LogP contribution in [0.2, 0.25) is 0 Å². The highest BCUT2D eigenvalue weighted by molar-refractivity contribution is 5.92. The lowest BCUT2D eigenvalue weighted by Crippen LogP contribution is -2.10. The van der Waals surface area contributed by atoms with Gasteiger partial charge >= 0.3 is 0 Å². The van der Waals surface area contributed by atoms with E-state index in [2.05, 4.69) is 4.98 Å². The molecule has 5 nitrogen and oxygen atoms in total. The second-order valence-corrected chi connectivity index (χ2v) is 3.84. The number of aromatic nitrogens is 1. The van der Waals surface area contributed by atoms with Crippen LogP contribution in [0.15, 0.2) is 36.5 Å². The number of rotatable bonds is 3. The van der Waals surface area contributed by atoms with Gasteiger partial charge in [0.25, 0.3) is 0 Å². The fourth-order valence-electron chi connectivity index (χ4n) is 1.44. The first kappa shape index (κ1) is 11.9. The van der Waals surface area contributed by atoms with Crippen molar-refractivity contribution in [1.29, 1.82) is 0 Å². The van der Waals surface area contributed by atoms with Gasteiger partial charge in [0.05, 0.1) is 11.3 Å². The molecule has 0 atom stereocenters. The van der Waals surface area contributed by atoms with Crippen molar-refractivity contribution in [2.75, 3.05) is 5.73 Å². The third kappa shape index (κ3) is 2.40. The van der Waals surface area contributed by atoms with E-state index >= 15 is 0 Å². The molecule has 1 aromatic carbocycles. The van der Waals surface area contributed by atoms with E-state index in [9.17, 15) is 4.79 Å². The molecule has 92 valence electrons. The zero-order valence-electron chi connectivity index (χ0n) is 9.88. The highest BCUT2D eigenvalue weighted by Crippen LogP contribution is 2.28. The molecular formula is C13H13N3O2. The SMILES string of the molecule is Cc1cccc(Oc2ccc(C(N)=O)cn2)c1N. The molecular weight excluding hydrogens is 230 g/mol. The predicted octanol–water partition coefficient (Wildman–Crippen LogP) is 1.86. The molecule has 5 heteroatoms. The second kappa shape index (κ2) is 4.75. The first-order valence-corrected chi connectivity index (χ1v) is 5.36. The van der Waals surface area contributed by atoms with Crippen LogP contribution in [-0.2, 0) is 0 Å². The summed E-state index contributed by atoms with van der Waals surface area (Å²) in [5.74, 6) is 0.371. The molecule has 0 spiro atoms. The van der Waals surface area contributed by atoms with Crippen LogP contribution in [0.4, 0.5) is 5.69 Å². The number of carbonyl (C=O) groups excluding carboxylic acids is 1.